The van der Waals surface area contributed by atoms with Crippen molar-refractivity contribution in [3.63, 3.8) is 0 Å². The number of rotatable bonds is 10. The van der Waals surface area contributed by atoms with Crippen molar-refractivity contribution in [2.24, 2.45) is 0 Å². The summed E-state index contributed by atoms with van der Waals surface area (Å²) in [4.78, 5) is 4.91. The van der Waals surface area contributed by atoms with Gasteiger partial charge < -0.3 is 14.7 Å². The van der Waals surface area contributed by atoms with Crippen LogP contribution in [0.3, 0.4) is 0 Å². The highest BCUT2D eigenvalue weighted by Crippen LogP contribution is 2.06. The minimum atomic E-state index is -0.337. The molecule has 1 aliphatic rings. The van der Waals surface area contributed by atoms with Gasteiger partial charge in [-0.1, -0.05) is 26.2 Å². The van der Waals surface area contributed by atoms with Crippen LogP contribution in [0.4, 0.5) is 0 Å². The maximum atomic E-state index is 9.82. The van der Waals surface area contributed by atoms with Gasteiger partial charge in [0.15, 0.2) is 0 Å². The predicted octanol–water partition coefficient (Wildman–Crippen LogP) is 1.58. The summed E-state index contributed by atoms with van der Waals surface area (Å²) >= 11 is 0. The molecule has 1 heterocycles. The van der Waals surface area contributed by atoms with Crippen LogP contribution in [0.5, 0.6) is 0 Å². The van der Waals surface area contributed by atoms with Gasteiger partial charge >= 0.3 is 0 Å². The van der Waals surface area contributed by atoms with Gasteiger partial charge in [0.05, 0.1) is 12.7 Å². The number of hydrogen-bond acceptors (Lipinski definition) is 4. The summed E-state index contributed by atoms with van der Waals surface area (Å²) in [6.07, 6.45) is 5.04. The first-order chi connectivity index (χ1) is 9.26. The summed E-state index contributed by atoms with van der Waals surface area (Å²) < 4.78 is 5.25. The molecule has 19 heavy (non-hydrogen) atoms. The lowest BCUT2D eigenvalue weighted by molar-refractivity contribution is 0.0107. The zero-order valence-corrected chi connectivity index (χ0v) is 12.8. The number of piperazine rings is 1. The zero-order chi connectivity index (χ0) is 13.9. The van der Waals surface area contributed by atoms with E-state index in [1.165, 1.54) is 32.2 Å². The van der Waals surface area contributed by atoms with E-state index in [4.69, 9.17) is 4.74 Å². The summed E-state index contributed by atoms with van der Waals surface area (Å²) in [6, 6.07) is 0. The number of nitrogens with zero attached hydrogens (tertiary/aromatic N) is 2. The smallest absolute Gasteiger partial charge is 0.0900 e. The fourth-order valence-corrected chi connectivity index (χ4v) is 2.56. The van der Waals surface area contributed by atoms with Gasteiger partial charge in [0.1, 0.15) is 0 Å². The number of aliphatic hydroxyl groups is 1. The largest absolute Gasteiger partial charge is 0.389 e. The molecule has 0 saturated carbocycles. The van der Waals surface area contributed by atoms with Gasteiger partial charge in [0, 0.05) is 39.3 Å². The molecule has 0 aromatic rings. The third-order valence-electron chi connectivity index (χ3n) is 3.78. The Kier molecular flexibility index (Phi) is 9.43. The fraction of sp³-hybridized carbons (Fsp3) is 1.00. The monoisotopic (exact) mass is 272 g/mol. The van der Waals surface area contributed by atoms with E-state index in [1.807, 2.05) is 6.92 Å². The van der Waals surface area contributed by atoms with Crippen molar-refractivity contribution in [3.05, 3.63) is 0 Å². The highest BCUT2D eigenvalue weighted by Gasteiger charge is 2.18. The Hall–Kier alpha value is -0.160. The first-order valence-corrected chi connectivity index (χ1v) is 7.96. The average Bonchev–Trinajstić information content (AvgIpc) is 2.43. The molecule has 1 N–H and O–H groups in total. The van der Waals surface area contributed by atoms with Crippen LogP contribution < -0.4 is 0 Å². The van der Waals surface area contributed by atoms with Gasteiger partial charge in [-0.3, -0.25) is 4.90 Å². The number of ether oxygens (including phenoxy) is 1. The van der Waals surface area contributed by atoms with Crippen LogP contribution >= 0.6 is 0 Å². The van der Waals surface area contributed by atoms with Crippen molar-refractivity contribution in [3.8, 4) is 0 Å². The zero-order valence-electron chi connectivity index (χ0n) is 12.8. The summed E-state index contributed by atoms with van der Waals surface area (Å²) in [6.45, 7) is 11.8. The third-order valence-corrected chi connectivity index (χ3v) is 3.78. The van der Waals surface area contributed by atoms with E-state index in [9.17, 15) is 5.11 Å². The van der Waals surface area contributed by atoms with Crippen LogP contribution in [0.25, 0.3) is 0 Å². The Morgan fingerprint density at radius 1 is 1.00 bits per heavy atom. The minimum Gasteiger partial charge on any atom is -0.389 e. The maximum absolute atomic E-state index is 9.82. The number of hydrogen-bond donors (Lipinski definition) is 1. The van der Waals surface area contributed by atoms with Crippen molar-refractivity contribution < 1.29 is 9.84 Å². The van der Waals surface area contributed by atoms with Crippen molar-refractivity contribution in [2.75, 3.05) is 52.5 Å². The second-order valence-electron chi connectivity index (χ2n) is 5.52. The van der Waals surface area contributed by atoms with E-state index in [-0.39, 0.29) is 6.10 Å². The first kappa shape index (κ1) is 16.9. The van der Waals surface area contributed by atoms with Crippen LogP contribution in [0.1, 0.15) is 39.5 Å². The molecule has 0 spiro atoms. The fourth-order valence-electron chi connectivity index (χ4n) is 2.56. The van der Waals surface area contributed by atoms with Gasteiger partial charge in [-0.2, -0.15) is 0 Å². The molecule has 4 nitrogen and oxygen atoms in total. The van der Waals surface area contributed by atoms with Crippen molar-refractivity contribution >= 4 is 0 Å². The molecule has 0 aromatic carbocycles. The van der Waals surface area contributed by atoms with Crippen molar-refractivity contribution in [1.82, 2.24) is 9.80 Å². The highest BCUT2D eigenvalue weighted by molar-refractivity contribution is 4.74. The number of unbranched alkanes of at least 4 members (excludes halogenated alkanes) is 3. The lowest BCUT2D eigenvalue weighted by Crippen LogP contribution is -2.49. The van der Waals surface area contributed by atoms with Crippen LogP contribution in [0.2, 0.25) is 0 Å². The molecule has 0 amide bonds. The van der Waals surface area contributed by atoms with Gasteiger partial charge in [-0.25, -0.2) is 0 Å². The van der Waals surface area contributed by atoms with Crippen molar-refractivity contribution in [2.45, 2.75) is 45.6 Å². The lowest BCUT2D eigenvalue weighted by Gasteiger charge is -2.35. The highest BCUT2D eigenvalue weighted by atomic mass is 16.5. The molecule has 1 fully saturated rings. The molecule has 0 aromatic heterocycles. The normalized spacial score (nSPS) is 19.7. The third kappa shape index (κ3) is 7.88. The standard InChI is InChI=1S/C15H32N2O2/c1-3-5-6-7-8-16-9-11-17(12-10-16)13-15(18)14-19-4-2/h15,18H,3-14H2,1-2H3. The van der Waals surface area contributed by atoms with E-state index >= 15 is 0 Å². The van der Waals surface area contributed by atoms with Gasteiger partial charge in [0.2, 0.25) is 0 Å². The molecular formula is C15H32N2O2. The van der Waals surface area contributed by atoms with Crippen molar-refractivity contribution in [1.29, 1.82) is 0 Å². The molecule has 1 atom stereocenters. The lowest BCUT2D eigenvalue weighted by atomic mass is 10.2. The van der Waals surface area contributed by atoms with Gasteiger partial charge in [0.25, 0.3) is 0 Å². The molecule has 1 saturated heterocycles. The van der Waals surface area contributed by atoms with E-state index in [0.717, 1.165) is 32.7 Å². The molecule has 1 unspecified atom stereocenters. The number of β-amino-alcohol motifs (C(OH)–C–C–N with tert-alkyl or cyclic N) is 1. The van der Waals surface area contributed by atoms with Crippen LogP contribution in [-0.4, -0.2) is 73.5 Å². The summed E-state index contributed by atoms with van der Waals surface area (Å²) in [5, 5.41) is 9.82. The predicted molar refractivity (Wildman–Crippen MR) is 79.5 cm³/mol. The van der Waals surface area contributed by atoms with Crippen LogP contribution in [0.15, 0.2) is 0 Å². The SMILES string of the molecule is CCCCCCN1CCN(CC(O)COCC)CC1. The van der Waals surface area contributed by atoms with E-state index in [1.54, 1.807) is 0 Å². The molecule has 0 radical (unpaired) electrons. The van der Waals surface area contributed by atoms with Gasteiger partial charge in [-0.15, -0.1) is 0 Å². The molecule has 1 rings (SSSR count). The summed E-state index contributed by atoms with van der Waals surface area (Å²) in [5.41, 5.74) is 0. The second-order valence-corrected chi connectivity index (χ2v) is 5.52. The Morgan fingerprint density at radius 2 is 1.68 bits per heavy atom. The average molecular weight is 272 g/mol. The molecule has 4 heteroatoms. The minimum absolute atomic E-state index is 0.337. The van der Waals surface area contributed by atoms with Gasteiger partial charge in [-0.05, 0) is 19.9 Å². The topological polar surface area (TPSA) is 35.9 Å². The number of aliphatic hydroxyl groups excluding tert-OH is 1. The Balaban J connectivity index is 2.04. The first-order valence-electron chi connectivity index (χ1n) is 7.96. The molecule has 0 aliphatic carbocycles. The van der Waals surface area contributed by atoms with E-state index in [0.29, 0.717) is 13.2 Å². The van der Waals surface area contributed by atoms with E-state index < -0.39 is 0 Å². The summed E-state index contributed by atoms with van der Waals surface area (Å²) in [7, 11) is 0. The Morgan fingerprint density at radius 3 is 2.32 bits per heavy atom. The molecule has 114 valence electrons. The van der Waals surface area contributed by atoms with Crippen LogP contribution in [0, 0.1) is 0 Å². The van der Waals surface area contributed by atoms with E-state index in [2.05, 4.69) is 16.7 Å². The molecular weight excluding hydrogens is 240 g/mol. The Labute approximate surface area is 118 Å². The van der Waals surface area contributed by atoms with Crippen LogP contribution in [-0.2, 0) is 4.74 Å². The second kappa shape index (κ2) is 10.6. The Bertz CT molecular complexity index is 206. The molecule has 0 bridgehead atoms. The summed E-state index contributed by atoms with van der Waals surface area (Å²) in [5.74, 6) is 0. The molecule has 1 aliphatic heterocycles. The quantitative estimate of drug-likeness (QED) is 0.613. The maximum Gasteiger partial charge on any atom is 0.0900 e.